The summed E-state index contributed by atoms with van der Waals surface area (Å²) in [5.41, 5.74) is -0.315. The summed E-state index contributed by atoms with van der Waals surface area (Å²) < 4.78 is 5.46. The second kappa shape index (κ2) is 3.77. The normalized spacial score (nSPS) is 9.69. The number of methoxy groups -OCH3 is 1. The number of phenolic OH excluding ortho intramolecular Hbond substituents is 1. The third kappa shape index (κ3) is 2.00. The van der Waals surface area contributed by atoms with E-state index in [9.17, 15) is 15.2 Å². The molecule has 1 rings (SSSR count). The fourth-order valence-corrected chi connectivity index (χ4v) is 1.51. The molecule has 0 saturated heterocycles. The average molecular weight is 295 g/mol. The summed E-state index contributed by atoms with van der Waals surface area (Å²) in [6, 6.07) is 2.48. The first kappa shape index (κ1) is 10.0. The Morgan fingerprint density at radius 2 is 2.23 bits per heavy atom. The standard InChI is InChI=1S/C7H6INO4/c1-13-7-3-6(10)5(9(11)12)2-4(7)8/h2-3,10H,1H3. The molecule has 0 unspecified atom stereocenters. The summed E-state index contributed by atoms with van der Waals surface area (Å²) in [6.07, 6.45) is 0. The Morgan fingerprint density at radius 1 is 1.62 bits per heavy atom. The van der Waals surface area contributed by atoms with Crippen LogP contribution in [0.25, 0.3) is 0 Å². The van der Waals surface area contributed by atoms with E-state index in [2.05, 4.69) is 0 Å². The number of nitro groups is 1. The number of aromatic hydroxyl groups is 1. The Bertz CT molecular complexity index is 353. The molecule has 1 N–H and O–H groups in total. The van der Waals surface area contributed by atoms with E-state index in [1.807, 2.05) is 22.6 Å². The molecule has 6 heteroatoms. The second-order valence-corrected chi connectivity index (χ2v) is 3.39. The topological polar surface area (TPSA) is 72.6 Å². The van der Waals surface area contributed by atoms with Gasteiger partial charge in [0.2, 0.25) is 0 Å². The van der Waals surface area contributed by atoms with E-state index in [4.69, 9.17) is 4.74 Å². The van der Waals surface area contributed by atoms with Crippen LogP contribution in [0, 0.1) is 13.7 Å². The Kier molecular flexibility index (Phi) is 2.91. The minimum absolute atomic E-state index is 0.315. The smallest absolute Gasteiger partial charge is 0.312 e. The minimum atomic E-state index is -0.642. The van der Waals surface area contributed by atoms with Gasteiger partial charge in [0.05, 0.1) is 15.6 Å². The van der Waals surface area contributed by atoms with E-state index in [1.165, 1.54) is 19.2 Å². The first-order chi connectivity index (χ1) is 6.06. The number of halogens is 1. The number of benzene rings is 1. The monoisotopic (exact) mass is 295 g/mol. The second-order valence-electron chi connectivity index (χ2n) is 2.23. The molecular formula is C7H6INO4. The van der Waals surface area contributed by atoms with Gasteiger partial charge in [-0.25, -0.2) is 0 Å². The van der Waals surface area contributed by atoms with E-state index >= 15 is 0 Å². The molecule has 0 heterocycles. The lowest BCUT2D eigenvalue weighted by atomic mass is 10.3. The number of ether oxygens (including phenoxy) is 1. The quantitative estimate of drug-likeness (QED) is 0.514. The van der Waals surface area contributed by atoms with Crippen LogP contribution in [0.2, 0.25) is 0 Å². The molecule has 0 amide bonds. The van der Waals surface area contributed by atoms with Gasteiger partial charge in [-0.3, -0.25) is 10.1 Å². The maximum absolute atomic E-state index is 10.4. The zero-order valence-electron chi connectivity index (χ0n) is 6.65. The van der Waals surface area contributed by atoms with Crippen molar-refractivity contribution in [1.29, 1.82) is 0 Å². The van der Waals surface area contributed by atoms with Crippen molar-refractivity contribution in [3.8, 4) is 11.5 Å². The average Bonchev–Trinajstić information content (AvgIpc) is 2.07. The third-order valence-corrected chi connectivity index (χ3v) is 2.29. The highest BCUT2D eigenvalue weighted by Gasteiger charge is 2.16. The van der Waals surface area contributed by atoms with Crippen molar-refractivity contribution in [2.45, 2.75) is 0 Å². The van der Waals surface area contributed by atoms with Gasteiger partial charge in [0.1, 0.15) is 5.75 Å². The highest BCUT2D eigenvalue weighted by molar-refractivity contribution is 14.1. The van der Waals surface area contributed by atoms with Crippen molar-refractivity contribution in [2.75, 3.05) is 7.11 Å². The van der Waals surface area contributed by atoms with Crippen molar-refractivity contribution in [3.63, 3.8) is 0 Å². The van der Waals surface area contributed by atoms with Crippen molar-refractivity contribution in [2.24, 2.45) is 0 Å². The predicted molar refractivity (Wildman–Crippen MR) is 54.0 cm³/mol. The highest BCUT2D eigenvalue weighted by atomic mass is 127. The summed E-state index contributed by atoms with van der Waals surface area (Å²) in [5, 5.41) is 19.6. The minimum Gasteiger partial charge on any atom is -0.502 e. The van der Waals surface area contributed by atoms with E-state index < -0.39 is 4.92 Å². The van der Waals surface area contributed by atoms with Gasteiger partial charge in [-0.05, 0) is 22.6 Å². The summed E-state index contributed by atoms with van der Waals surface area (Å²) in [5.74, 6) is 0.0333. The lowest BCUT2D eigenvalue weighted by Gasteiger charge is -2.03. The van der Waals surface area contributed by atoms with Crippen LogP contribution in [0.3, 0.4) is 0 Å². The van der Waals surface area contributed by atoms with Gasteiger partial charge in [-0.2, -0.15) is 0 Å². The zero-order chi connectivity index (χ0) is 10.0. The number of rotatable bonds is 2. The molecule has 0 radical (unpaired) electrons. The van der Waals surface area contributed by atoms with Gasteiger partial charge in [-0.1, -0.05) is 0 Å². The van der Waals surface area contributed by atoms with Gasteiger partial charge in [-0.15, -0.1) is 0 Å². The molecule has 0 fully saturated rings. The molecule has 0 saturated carbocycles. The maximum atomic E-state index is 10.4. The van der Waals surface area contributed by atoms with Gasteiger partial charge >= 0.3 is 5.69 Å². The van der Waals surface area contributed by atoms with E-state index in [0.29, 0.717) is 9.32 Å². The number of hydrogen-bond acceptors (Lipinski definition) is 4. The van der Waals surface area contributed by atoms with E-state index in [0.717, 1.165) is 0 Å². The molecule has 70 valence electrons. The third-order valence-electron chi connectivity index (χ3n) is 1.45. The first-order valence-corrected chi connectivity index (χ1v) is 4.35. The summed E-state index contributed by atoms with van der Waals surface area (Å²) in [4.78, 5) is 9.73. The summed E-state index contributed by atoms with van der Waals surface area (Å²) in [7, 11) is 1.43. The largest absolute Gasteiger partial charge is 0.502 e. The van der Waals surface area contributed by atoms with Crippen molar-refractivity contribution >= 4 is 28.3 Å². The molecule has 0 aliphatic carbocycles. The van der Waals surface area contributed by atoms with Crippen LogP contribution in [0.15, 0.2) is 12.1 Å². The van der Waals surface area contributed by atoms with Crippen LogP contribution in [0.5, 0.6) is 11.5 Å². The van der Waals surface area contributed by atoms with E-state index in [1.54, 1.807) is 0 Å². The fourth-order valence-electron chi connectivity index (χ4n) is 0.835. The van der Waals surface area contributed by atoms with Crippen molar-refractivity contribution < 1.29 is 14.8 Å². The fraction of sp³-hybridized carbons (Fsp3) is 0.143. The molecule has 13 heavy (non-hydrogen) atoms. The van der Waals surface area contributed by atoms with Gasteiger partial charge in [0.25, 0.3) is 0 Å². The zero-order valence-corrected chi connectivity index (χ0v) is 8.81. The Morgan fingerprint density at radius 3 is 2.69 bits per heavy atom. The van der Waals surface area contributed by atoms with Crippen LogP contribution in [0.1, 0.15) is 0 Å². The van der Waals surface area contributed by atoms with Crippen molar-refractivity contribution in [3.05, 3.63) is 25.8 Å². The van der Waals surface area contributed by atoms with Crippen molar-refractivity contribution in [1.82, 2.24) is 0 Å². The molecule has 5 nitrogen and oxygen atoms in total. The number of hydrogen-bond donors (Lipinski definition) is 1. The summed E-state index contributed by atoms with van der Waals surface area (Å²) >= 11 is 1.90. The van der Waals surface area contributed by atoms with E-state index in [-0.39, 0.29) is 11.4 Å². The summed E-state index contributed by atoms with van der Waals surface area (Å²) in [6.45, 7) is 0. The molecule has 0 aliphatic heterocycles. The van der Waals surface area contributed by atoms with Gasteiger partial charge in [0.15, 0.2) is 5.75 Å². The Hall–Kier alpha value is -1.05. The van der Waals surface area contributed by atoms with Crippen LogP contribution >= 0.6 is 22.6 Å². The number of phenols is 1. The Labute approximate surface area is 87.6 Å². The van der Waals surface area contributed by atoms with Gasteiger partial charge in [0, 0.05) is 12.1 Å². The molecule has 0 bridgehead atoms. The van der Waals surface area contributed by atoms with Crippen LogP contribution < -0.4 is 4.74 Å². The molecule has 1 aromatic carbocycles. The van der Waals surface area contributed by atoms with Crippen LogP contribution in [-0.2, 0) is 0 Å². The predicted octanol–water partition coefficient (Wildman–Crippen LogP) is 1.91. The van der Waals surface area contributed by atoms with Crippen LogP contribution in [-0.4, -0.2) is 17.1 Å². The number of nitrogens with zero attached hydrogens (tertiary/aromatic N) is 1. The SMILES string of the molecule is COc1cc(O)c([N+](=O)[O-])cc1I. The first-order valence-electron chi connectivity index (χ1n) is 3.27. The highest BCUT2D eigenvalue weighted by Crippen LogP contribution is 2.33. The molecule has 0 spiro atoms. The van der Waals surface area contributed by atoms with Crippen LogP contribution in [0.4, 0.5) is 5.69 Å². The molecular weight excluding hydrogens is 289 g/mol. The molecule has 0 aliphatic rings. The molecule has 1 aromatic rings. The Balaban J connectivity index is 3.28. The maximum Gasteiger partial charge on any atom is 0.312 e. The van der Waals surface area contributed by atoms with Gasteiger partial charge < -0.3 is 9.84 Å². The lowest BCUT2D eigenvalue weighted by molar-refractivity contribution is -0.386. The lowest BCUT2D eigenvalue weighted by Crippen LogP contribution is -1.92. The molecule has 0 atom stereocenters. The molecule has 0 aromatic heterocycles. The number of nitro benzene ring substituents is 1.